The first-order valence-electron chi connectivity index (χ1n) is 6.12. The van der Waals surface area contributed by atoms with Gasteiger partial charge in [-0.15, -0.1) is 0 Å². The van der Waals surface area contributed by atoms with Gasteiger partial charge < -0.3 is 5.32 Å². The number of rotatable bonds is 4. The Bertz CT molecular complexity index is 110. The van der Waals surface area contributed by atoms with E-state index in [4.69, 9.17) is 0 Å². The Kier molecular flexibility index (Phi) is 5.45. The Morgan fingerprint density at radius 3 is 2.00 bits per heavy atom. The largest absolute Gasteiger partial charge is 0.311 e. The molecule has 0 atom stereocenters. The van der Waals surface area contributed by atoms with Gasteiger partial charge in [0.15, 0.2) is 0 Å². The van der Waals surface area contributed by atoms with E-state index in [1.165, 1.54) is 51.4 Å². The molecule has 0 aromatic heterocycles. The van der Waals surface area contributed by atoms with Crippen LogP contribution < -0.4 is 5.32 Å². The summed E-state index contributed by atoms with van der Waals surface area (Å²) >= 11 is 0. The molecule has 78 valence electrons. The minimum Gasteiger partial charge on any atom is -0.311 e. The minimum atomic E-state index is 0.767. The van der Waals surface area contributed by atoms with Crippen LogP contribution in [0.5, 0.6) is 0 Å². The van der Waals surface area contributed by atoms with E-state index in [1.807, 2.05) is 0 Å². The third kappa shape index (κ3) is 4.12. The zero-order chi connectivity index (χ0) is 9.52. The highest BCUT2D eigenvalue weighted by molar-refractivity contribution is 4.74. The molecule has 1 nitrogen and oxygen atoms in total. The summed E-state index contributed by atoms with van der Waals surface area (Å²) in [5.74, 6) is 0. The van der Waals surface area contributed by atoms with Crippen molar-refractivity contribution < 1.29 is 0 Å². The van der Waals surface area contributed by atoms with E-state index in [-0.39, 0.29) is 0 Å². The molecule has 1 fully saturated rings. The van der Waals surface area contributed by atoms with Crippen LogP contribution in [0.2, 0.25) is 0 Å². The van der Waals surface area contributed by atoms with Crippen LogP contribution >= 0.6 is 0 Å². The lowest BCUT2D eigenvalue weighted by atomic mass is 10.1. The van der Waals surface area contributed by atoms with Gasteiger partial charge in [-0.05, 0) is 25.7 Å². The minimum absolute atomic E-state index is 0.767. The highest BCUT2D eigenvalue weighted by Crippen LogP contribution is 2.18. The molecule has 1 aliphatic rings. The average Bonchev–Trinajstić information content (AvgIpc) is 2.42. The molecular weight excluding hydrogens is 158 g/mol. The van der Waals surface area contributed by atoms with Crippen LogP contribution in [0.3, 0.4) is 0 Å². The van der Waals surface area contributed by atoms with E-state index in [0.717, 1.165) is 12.1 Å². The van der Waals surface area contributed by atoms with Gasteiger partial charge in [0.2, 0.25) is 0 Å². The van der Waals surface area contributed by atoms with Crippen LogP contribution in [0, 0.1) is 0 Å². The van der Waals surface area contributed by atoms with Crippen LogP contribution in [0.1, 0.15) is 65.2 Å². The summed E-state index contributed by atoms with van der Waals surface area (Å²) in [5, 5.41) is 3.80. The first-order chi connectivity index (χ1) is 6.36. The van der Waals surface area contributed by atoms with Crippen LogP contribution in [-0.2, 0) is 0 Å². The SMILES string of the molecule is CCC(CC)NC1CCCCCC1. The van der Waals surface area contributed by atoms with Gasteiger partial charge in [0, 0.05) is 12.1 Å². The third-order valence-corrected chi connectivity index (χ3v) is 3.31. The quantitative estimate of drug-likeness (QED) is 0.658. The molecular formula is C12H25N. The Balaban J connectivity index is 2.24. The van der Waals surface area contributed by atoms with Crippen molar-refractivity contribution in [1.29, 1.82) is 0 Å². The molecule has 1 heteroatoms. The van der Waals surface area contributed by atoms with Crippen LogP contribution in [0.25, 0.3) is 0 Å². The summed E-state index contributed by atoms with van der Waals surface area (Å²) in [6.07, 6.45) is 11.2. The van der Waals surface area contributed by atoms with Gasteiger partial charge in [-0.1, -0.05) is 39.5 Å². The molecule has 0 radical (unpaired) electrons. The van der Waals surface area contributed by atoms with Gasteiger partial charge in [-0.2, -0.15) is 0 Å². The van der Waals surface area contributed by atoms with Gasteiger partial charge in [0.25, 0.3) is 0 Å². The average molecular weight is 183 g/mol. The first-order valence-corrected chi connectivity index (χ1v) is 6.12. The molecule has 0 aliphatic heterocycles. The summed E-state index contributed by atoms with van der Waals surface area (Å²) in [6, 6.07) is 1.59. The fraction of sp³-hybridized carbons (Fsp3) is 1.00. The second-order valence-electron chi connectivity index (χ2n) is 4.37. The van der Waals surface area contributed by atoms with Crippen molar-refractivity contribution in [2.24, 2.45) is 0 Å². The van der Waals surface area contributed by atoms with Crippen molar-refractivity contribution >= 4 is 0 Å². The second-order valence-corrected chi connectivity index (χ2v) is 4.37. The van der Waals surface area contributed by atoms with Crippen molar-refractivity contribution in [2.75, 3.05) is 0 Å². The number of nitrogens with one attached hydrogen (secondary N) is 1. The summed E-state index contributed by atoms with van der Waals surface area (Å²) in [6.45, 7) is 4.58. The molecule has 1 rings (SSSR count). The topological polar surface area (TPSA) is 12.0 Å². The Morgan fingerprint density at radius 2 is 1.54 bits per heavy atom. The molecule has 0 spiro atoms. The van der Waals surface area contributed by atoms with Crippen LogP contribution in [0.15, 0.2) is 0 Å². The van der Waals surface area contributed by atoms with Crippen molar-refractivity contribution in [3.05, 3.63) is 0 Å². The van der Waals surface area contributed by atoms with Crippen LogP contribution in [-0.4, -0.2) is 12.1 Å². The maximum Gasteiger partial charge on any atom is 0.00696 e. The molecule has 0 unspecified atom stereocenters. The van der Waals surface area contributed by atoms with Crippen molar-refractivity contribution in [2.45, 2.75) is 77.3 Å². The monoisotopic (exact) mass is 183 g/mol. The molecule has 0 amide bonds. The van der Waals surface area contributed by atoms with Gasteiger partial charge in [-0.25, -0.2) is 0 Å². The van der Waals surface area contributed by atoms with Crippen LogP contribution in [0.4, 0.5) is 0 Å². The van der Waals surface area contributed by atoms with E-state index in [9.17, 15) is 0 Å². The van der Waals surface area contributed by atoms with Crippen molar-refractivity contribution in [3.63, 3.8) is 0 Å². The predicted molar refractivity (Wildman–Crippen MR) is 59.0 cm³/mol. The zero-order valence-corrected chi connectivity index (χ0v) is 9.31. The maximum absolute atomic E-state index is 3.80. The standard InChI is InChI=1S/C12H25N/c1-3-11(4-2)13-12-9-7-5-6-8-10-12/h11-13H,3-10H2,1-2H3. The molecule has 0 saturated heterocycles. The highest BCUT2D eigenvalue weighted by atomic mass is 14.9. The molecule has 0 heterocycles. The summed E-state index contributed by atoms with van der Waals surface area (Å²) in [4.78, 5) is 0. The Morgan fingerprint density at radius 1 is 1.00 bits per heavy atom. The molecule has 1 N–H and O–H groups in total. The molecule has 1 aliphatic carbocycles. The Hall–Kier alpha value is -0.0400. The van der Waals surface area contributed by atoms with Gasteiger partial charge >= 0.3 is 0 Å². The van der Waals surface area contributed by atoms with Crippen molar-refractivity contribution in [3.8, 4) is 0 Å². The summed E-state index contributed by atoms with van der Waals surface area (Å²) in [5.41, 5.74) is 0. The van der Waals surface area contributed by atoms with Gasteiger partial charge in [0.05, 0.1) is 0 Å². The molecule has 1 saturated carbocycles. The molecule has 0 bridgehead atoms. The molecule has 13 heavy (non-hydrogen) atoms. The Labute approximate surface area is 83.3 Å². The van der Waals surface area contributed by atoms with Gasteiger partial charge in [0.1, 0.15) is 0 Å². The fourth-order valence-electron chi connectivity index (χ4n) is 2.30. The van der Waals surface area contributed by atoms with E-state index in [1.54, 1.807) is 0 Å². The predicted octanol–water partition coefficient (Wildman–Crippen LogP) is 3.49. The highest BCUT2D eigenvalue weighted by Gasteiger charge is 2.14. The zero-order valence-electron chi connectivity index (χ0n) is 9.31. The fourth-order valence-corrected chi connectivity index (χ4v) is 2.30. The van der Waals surface area contributed by atoms with Crippen molar-refractivity contribution in [1.82, 2.24) is 5.32 Å². The second kappa shape index (κ2) is 6.42. The smallest absolute Gasteiger partial charge is 0.00696 e. The number of hydrogen-bond acceptors (Lipinski definition) is 1. The first kappa shape index (κ1) is 11.0. The third-order valence-electron chi connectivity index (χ3n) is 3.31. The lowest BCUT2D eigenvalue weighted by molar-refractivity contribution is 0.378. The molecule has 0 aromatic rings. The van der Waals surface area contributed by atoms with Gasteiger partial charge in [-0.3, -0.25) is 0 Å². The maximum atomic E-state index is 3.80. The van der Waals surface area contributed by atoms with E-state index in [2.05, 4.69) is 19.2 Å². The normalized spacial score (nSPS) is 20.5. The van der Waals surface area contributed by atoms with E-state index in [0.29, 0.717) is 0 Å². The summed E-state index contributed by atoms with van der Waals surface area (Å²) in [7, 11) is 0. The lowest BCUT2D eigenvalue weighted by Crippen LogP contribution is -2.37. The van der Waals surface area contributed by atoms with E-state index < -0.39 is 0 Å². The number of hydrogen-bond donors (Lipinski definition) is 1. The molecule has 0 aromatic carbocycles. The lowest BCUT2D eigenvalue weighted by Gasteiger charge is -2.22. The summed E-state index contributed by atoms with van der Waals surface area (Å²) < 4.78 is 0. The van der Waals surface area contributed by atoms with E-state index >= 15 is 0 Å².